The lowest BCUT2D eigenvalue weighted by Crippen LogP contribution is -2.54. The molecule has 252 valence electrons. The predicted molar refractivity (Wildman–Crippen MR) is 185 cm³/mol. The molecule has 1 N–H and O–H groups in total. The number of hydrogen-bond acceptors (Lipinski definition) is 5. The first kappa shape index (κ1) is 34.9. The molecule has 5 rings (SSSR count). The molecular formula is C37H39ClFN3O5S. The van der Waals surface area contributed by atoms with Gasteiger partial charge in [-0.15, -0.1) is 0 Å². The third kappa shape index (κ3) is 8.93. The van der Waals surface area contributed by atoms with E-state index in [4.69, 9.17) is 16.3 Å². The largest absolute Gasteiger partial charge is 0.494 e. The van der Waals surface area contributed by atoms with E-state index in [1.54, 1.807) is 48.5 Å². The number of rotatable bonds is 14. The van der Waals surface area contributed by atoms with Crippen molar-refractivity contribution in [2.24, 2.45) is 0 Å². The van der Waals surface area contributed by atoms with E-state index in [1.807, 2.05) is 37.3 Å². The molecule has 1 aliphatic rings. The molecule has 4 aromatic carbocycles. The van der Waals surface area contributed by atoms with Crippen LogP contribution in [0.5, 0.6) is 5.75 Å². The van der Waals surface area contributed by atoms with Crippen LogP contribution in [0.4, 0.5) is 10.1 Å². The van der Waals surface area contributed by atoms with Gasteiger partial charge in [0.2, 0.25) is 11.8 Å². The van der Waals surface area contributed by atoms with Crippen LogP contribution in [0.25, 0.3) is 0 Å². The second-order valence-electron chi connectivity index (χ2n) is 11.7. The van der Waals surface area contributed by atoms with E-state index >= 15 is 0 Å². The Morgan fingerprint density at radius 2 is 1.54 bits per heavy atom. The number of sulfonamides is 1. The summed E-state index contributed by atoms with van der Waals surface area (Å²) in [5.41, 5.74) is 1.77. The lowest BCUT2D eigenvalue weighted by Gasteiger charge is -2.34. The van der Waals surface area contributed by atoms with Crippen molar-refractivity contribution in [3.63, 3.8) is 0 Å². The molecule has 0 aromatic heterocycles. The number of amides is 2. The summed E-state index contributed by atoms with van der Waals surface area (Å²) in [4.78, 5) is 30.0. The summed E-state index contributed by atoms with van der Waals surface area (Å²) in [6.07, 6.45) is 3.96. The maximum atomic E-state index is 14.6. The normalized spacial score (nSPS) is 13.9. The van der Waals surface area contributed by atoms with Gasteiger partial charge in [-0.25, -0.2) is 12.8 Å². The molecule has 0 radical (unpaired) electrons. The fourth-order valence-corrected chi connectivity index (χ4v) is 7.39. The molecule has 4 aromatic rings. The molecule has 1 atom stereocenters. The van der Waals surface area contributed by atoms with Crippen LogP contribution in [0.2, 0.25) is 5.02 Å². The number of anilines is 1. The molecule has 0 bridgehead atoms. The molecule has 8 nitrogen and oxygen atoms in total. The molecule has 1 saturated carbocycles. The summed E-state index contributed by atoms with van der Waals surface area (Å²) in [6, 6.07) is 26.2. The van der Waals surface area contributed by atoms with Gasteiger partial charge in [-0.1, -0.05) is 66.9 Å². The first-order chi connectivity index (χ1) is 23.1. The number of halogens is 2. The smallest absolute Gasteiger partial charge is 0.264 e. The number of nitrogens with one attached hydrogen (secondary N) is 1. The summed E-state index contributed by atoms with van der Waals surface area (Å²) in [6.45, 7) is 1.66. The van der Waals surface area contributed by atoms with Crippen molar-refractivity contribution in [2.75, 3.05) is 17.5 Å². The maximum Gasteiger partial charge on any atom is 0.264 e. The molecule has 48 heavy (non-hydrogen) atoms. The Balaban J connectivity index is 1.56. The third-order valence-electron chi connectivity index (χ3n) is 8.36. The van der Waals surface area contributed by atoms with Crippen molar-refractivity contribution in [3.05, 3.63) is 125 Å². The van der Waals surface area contributed by atoms with E-state index in [1.165, 1.54) is 4.90 Å². The first-order valence-electron chi connectivity index (χ1n) is 16.0. The van der Waals surface area contributed by atoms with E-state index in [9.17, 15) is 22.4 Å². The summed E-state index contributed by atoms with van der Waals surface area (Å²) in [5, 5.41) is 3.68. The van der Waals surface area contributed by atoms with Crippen molar-refractivity contribution in [1.82, 2.24) is 10.2 Å². The number of nitrogens with zero attached hydrogens (tertiary/aromatic N) is 2. The standard InChI is InChI=1S/C37H39ClFN3O5S/c1-2-47-33-20-18-32(19-21-33)42(48(45,46)34-22-16-30(39)17-23-34)26-36(43)41(25-28-12-14-29(38)15-13-28)35(24-27-8-4-3-5-9-27)37(44)40-31-10-6-7-11-31/h3-5,8-9,12-23,31,35H,2,6-7,10-11,24-26H2,1H3,(H,40,44). The summed E-state index contributed by atoms with van der Waals surface area (Å²) in [7, 11) is -4.37. The minimum atomic E-state index is -4.37. The molecule has 0 aliphatic heterocycles. The van der Waals surface area contributed by atoms with Crippen LogP contribution >= 0.6 is 11.6 Å². The highest BCUT2D eigenvalue weighted by Gasteiger charge is 2.35. The summed E-state index contributed by atoms with van der Waals surface area (Å²) in [5.74, 6) is -0.958. The molecule has 0 spiro atoms. The Kier molecular flexibility index (Phi) is 11.7. The lowest BCUT2D eigenvalue weighted by atomic mass is 10.0. The Hall–Kier alpha value is -4.41. The minimum Gasteiger partial charge on any atom is -0.494 e. The van der Waals surface area contributed by atoms with E-state index < -0.39 is 34.3 Å². The second kappa shape index (κ2) is 16.1. The fourth-order valence-electron chi connectivity index (χ4n) is 5.85. The van der Waals surface area contributed by atoms with Crippen LogP contribution in [0, 0.1) is 5.82 Å². The van der Waals surface area contributed by atoms with E-state index in [0.29, 0.717) is 22.9 Å². The van der Waals surface area contributed by atoms with Gasteiger partial charge < -0.3 is 15.0 Å². The number of carbonyl (C=O) groups is 2. The van der Waals surface area contributed by atoms with Crippen LogP contribution in [0.1, 0.15) is 43.7 Å². The van der Waals surface area contributed by atoms with Gasteiger partial charge in [-0.05, 0) is 91.6 Å². The zero-order chi connectivity index (χ0) is 34.1. The molecular weight excluding hydrogens is 653 g/mol. The van der Waals surface area contributed by atoms with Crippen molar-refractivity contribution >= 4 is 39.1 Å². The Bertz CT molecular complexity index is 1770. The van der Waals surface area contributed by atoms with E-state index in [2.05, 4.69) is 5.32 Å². The third-order valence-corrected chi connectivity index (χ3v) is 10.4. The predicted octanol–water partition coefficient (Wildman–Crippen LogP) is 6.77. The highest BCUT2D eigenvalue weighted by molar-refractivity contribution is 7.92. The van der Waals surface area contributed by atoms with Gasteiger partial charge in [0.25, 0.3) is 10.0 Å². The van der Waals surface area contributed by atoms with Gasteiger partial charge in [0.1, 0.15) is 24.2 Å². The molecule has 1 unspecified atom stereocenters. The first-order valence-corrected chi connectivity index (χ1v) is 17.8. The van der Waals surface area contributed by atoms with Crippen molar-refractivity contribution in [2.45, 2.75) is 62.6 Å². The molecule has 11 heteroatoms. The van der Waals surface area contributed by atoms with Crippen LogP contribution in [-0.4, -0.2) is 50.4 Å². The Morgan fingerprint density at radius 1 is 0.896 bits per heavy atom. The van der Waals surface area contributed by atoms with Crippen LogP contribution in [-0.2, 0) is 32.6 Å². The van der Waals surface area contributed by atoms with Gasteiger partial charge in [-0.2, -0.15) is 0 Å². The number of hydrogen-bond donors (Lipinski definition) is 1. The Labute approximate surface area is 286 Å². The van der Waals surface area contributed by atoms with Crippen LogP contribution < -0.4 is 14.4 Å². The van der Waals surface area contributed by atoms with Crippen LogP contribution in [0.3, 0.4) is 0 Å². The monoisotopic (exact) mass is 691 g/mol. The van der Waals surface area contributed by atoms with Crippen LogP contribution in [0.15, 0.2) is 108 Å². The quantitative estimate of drug-likeness (QED) is 0.158. The topological polar surface area (TPSA) is 96.0 Å². The highest BCUT2D eigenvalue weighted by Crippen LogP contribution is 2.28. The zero-order valence-corrected chi connectivity index (χ0v) is 28.3. The SMILES string of the molecule is CCOc1ccc(N(CC(=O)N(Cc2ccc(Cl)cc2)C(Cc2ccccc2)C(=O)NC2CCCC2)S(=O)(=O)c2ccc(F)cc2)cc1. The highest BCUT2D eigenvalue weighted by atomic mass is 35.5. The lowest BCUT2D eigenvalue weighted by molar-refractivity contribution is -0.140. The Morgan fingerprint density at radius 3 is 2.17 bits per heavy atom. The molecule has 2 amide bonds. The second-order valence-corrected chi connectivity index (χ2v) is 14.0. The maximum absolute atomic E-state index is 14.6. The van der Waals surface area contributed by atoms with Gasteiger partial charge in [0.15, 0.2) is 0 Å². The molecule has 1 aliphatic carbocycles. The number of benzene rings is 4. The number of carbonyl (C=O) groups excluding carboxylic acids is 2. The van der Waals surface area contributed by atoms with E-state index in [-0.39, 0.29) is 35.5 Å². The summed E-state index contributed by atoms with van der Waals surface area (Å²) >= 11 is 6.16. The minimum absolute atomic E-state index is 0.00228. The van der Waals surface area contributed by atoms with Crippen molar-refractivity contribution in [3.8, 4) is 5.75 Å². The average molecular weight is 692 g/mol. The molecule has 1 fully saturated rings. The van der Waals surface area contributed by atoms with Crippen molar-refractivity contribution in [1.29, 1.82) is 0 Å². The van der Waals surface area contributed by atoms with Gasteiger partial charge >= 0.3 is 0 Å². The van der Waals surface area contributed by atoms with Gasteiger partial charge in [-0.3, -0.25) is 13.9 Å². The van der Waals surface area contributed by atoms with Gasteiger partial charge in [0.05, 0.1) is 17.2 Å². The van der Waals surface area contributed by atoms with E-state index in [0.717, 1.165) is 59.8 Å². The number of ether oxygens (including phenoxy) is 1. The summed E-state index contributed by atoms with van der Waals surface area (Å²) < 4.78 is 48.6. The van der Waals surface area contributed by atoms with Crippen molar-refractivity contribution < 1.29 is 27.1 Å². The average Bonchev–Trinajstić information content (AvgIpc) is 3.60. The molecule has 0 heterocycles. The van der Waals surface area contributed by atoms with Gasteiger partial charge in [0, 0.05) is 24.0 Å². The zero-order valence-electron chi connectivity index (χ0n) is 26.7. The molecule has 0 saturated heterocycles. The fraction of sp³-hybridized carbons (Fsp3) is 0.297.